The lowest BCUT2D eigenvalue weighted by Gasteiger charge is -2.18. The predicted molar refractivity (Wildman–Crippen MR) is 66.9 cm³/mol. The Bertz CT molecular complexity index is 449. The molecule has 0 spiro atoms. The third-order valence-corrected chi connectivity index (χ3v) is 3.09. The highest BCUT2D eigenvalue weighted by Crippen LogP contribution is 2.28. The molecule has 0 aliphatic heterocycles. The molecule has 98 valence electrons. The van der Waals surface area contributed by atoms with Crippen molar-refractivity contribution in [1.82, 2.24) is 5.32 Å². The lowest BCUT2D eigenvalue weighted by atomic mass is 10.1. The van der Waals surface area contributed by atoms with Crippen molar-refractivity contribution >= 4 is 17.6 Å². The molecule has 1 aliphatic rings. The molecule has 1 aromatic rings. The predicted octanol–water partition coefficient (Wildman–Crippen LogP) is 2.84. The van der Waals surface area contributed by atoms with E-state index in [9.17, 15) is 9.18 Å². The van der Waals surface area contributed by atoms with E-state index in [1.807, 2.05) is 0 Å². The Balaban J connectivity index is 2.26. The highest BCUT2D eigenvalue weighted by molar-refractivity contribution is 6.30. The van der Waals surface area contributed by atoms with Gasteiger partial charge in [0.1, 0.15) is 11.9 Å². The van der Waals surface area contributed by atoms with Gasteiger partial charge in [-0.2, -0.15) is 0 Å². The maximum Gasteiger partial charge on any atom is 0.327 e. The number of esters is 1. The number of hydrogen-bond donors (Lipinski definition) is 1. The number of benzene rings is 1. The first-order valence-electron chi connectivity index (χ1n) is 6.00. The van der Waals surface area contributed by atoms with Crippen LogP contribution in [0.5, 0.6) is 0 Å². The Morgan fingerprint density at radius 3 is 2.94 bits per heavy atom. The van der Waals surface area contributed by atoms with E-state index in [1.54, 1.807) is 19.1 Å². The molecular formula is C13H15ClFNO2. The fourth-order valence-corrected chi connectivity index (χ4v) is 1.92. The van der Waals surface area contributed by atoms with Crippen LogP contribution in [0.2, 0.25) is 5.02 Å². The molecule has 1 N–H and O–H groups in total. The summed E-state index contributed by atoms with van der Waals surface area (Å²) in [7, 11) is 0. The van der Waals surface area contributed by atoms with Gasteiger partial charge in [0, 0.05) is 11.6 Å². The van der Waals surface area contributed by atoms with Gasteiger partial charge in [0.2, 0.25) is 0 Å². The van der Waals surface area contributed by atoms with E-state index in [-0.39, 0.29) is 23.2 Å². The summed E-state index contributed by atoms with van der Waals surface area (Å²) in [5.74, 6) is -1.03. The minimum atomic E-state index is -0.781. The Kier molecular flexibility index (Phi) is 4.19. The Morgan fingerprint density at radius 1 is 1.61 bits per heavy atom. The van der Waals surface area contributed by atoms with Gasteiger partial charge in [-0.1, -0.05) is 23.7 Å². The van der Waals surface area contributed by atoms with Crippen LogP contribution in [0.15, 0.2) is 18.2 Å². The van der Waals surface area contributed by atoms with Crippen LogP contribution >= 0.6 is 11.6 Å². The molecule has 1 atom stereocenters. The number of rotatable bonds is 5. The van der Waals surface area contributed by atoms with E-state index in [0.717, 1.165) is 12.8 Å². The van der Waals surface area contributed by atoms with Crippen LogP contribution in [0.3, 0.4) is 0 Å². The third kappa shape index (κ3) is 3.00. The summed E-state index contributed by atoms with van der Waals surface area (Å²) < 4.78 is 18.9. The normalized spacial score (nSPS) is 16.4. The molecule has 1 unspecified atom stereocenters. The summed E-state index contributed by atoms with van der Waals surface area (Å²) in [6.45, 7) is 1.99. The highest BCUT2D eigenvalue weighted by Gasteiger charge is 2.32. The van der Waals surface area contributed by atoms with Crippen molar-refractivity contribution in [2.75, 3.05) is 6.61 Å². The summed E-state index contributed by atoms with van der Waals surface area (Å²) >= 11 is 5.74. The minimum Gasteiger partial charge on any atom is -0.465 e. The van der Waals surface area contributed by atoms with Crippen molar-refractivity contribution < 1.29 is 13.9 Å². The van der Waals surface area contributed by atoms with Crippen LogP contribution < -0.4 is 5.32 Å². The van der Waals surface area contributed by atoms with Crippen LogP contribution in [0.1, 0.15) is 31.4 Å². The van der Waals surface area contributed by atoms with Gasteiger partial charge in [0.25, 0.3) is 0 Å². The molecule has 1 fully saturated rings. The molecule has 0 saturated heterocycles. The van der Waals surface area contributed by atoms with Gasteiger partial charge in [0.05, 0.1) is 11.6 Å². The fourth-order valence-electron chi connectivity index (χ4n) is 1.74. The van der Waals surface area contributed by atoms with Gasteiger partial charge in [-0.25, -0.2) is 9.18 Å². The summed E-state index contributed by atoms with van der Waals surface area (Å²) in [4.78, 5) is 11.9. The van der Waals surface area contributed by atoms with Crippen molar-refractivity contribution in [3.63, 3.8) is 0 Å². The number of ether oxygens (including phenoxy) is 1. The van der Waals surface area contributed by atoms with Crippen molar-refractivity contribution in [3.8, 4) is 0 Å². The van der Waals surface area contributed by atoms with Crippen LogP contribution in [0.4, 0.5) is 4.39 Å². The van der Waals surface area contributed by atoms with E-state index in [4.69, 9.17) is 16.3 Å². The first-order chi connectivity index (χ1) is 8.63. The average molecular weight is 272 g/mol. The zero-order valence-corrected chi connectivity index (χ0v) is 10.8. The molecule has 0 radical (unpaired) electrons. The summed E-state index contributed by atoms with van der Waals surface area (Å²) in [5.41, 5.74) is 0.243. The van der Waals surface area contributed by atoms with Gasteiger partial charge < -0.3 is 4.74 Å². The topological polar surface area (TPSA) is 38.3 Å². The Morgan fingerprint density at radius 2 is 2.33 bits per heavy atom. The summed E-state index contributed by atoms with van der Waals surface area (Å²) in [5, 5.41) is 3.10. The summed E-state index contributed by atoms with van der Waals surface area (Å²) in [6, 6.07) is 4.12. The van der Waals surface area contributed by atoms with Crippen molar-refractivity contribution in [1.29, 1.82) is 0 Å². The number of halogens is 2. The van der Waals surface area contributed by atoms with Crippen LogP contribution in [0, 0.1) is 5.82 Å². The largest absolute Gasteiger partial charge is 0.465 e. The van der Waals surface area contributed by atoms with Gasteiger partial charge in [0.15, 0.2) is 0 Å². The molecule has 0 aromatic heterocycles. The maximum absolute atomic E-state index is 13.9. The molecule has 1 aliphatic carbocycles. The first kappa shape index (κ1) is 13.3. The molecule has 1 aromatic carbocycles. The molecule has 0 amide bonds. The van der Waals surface area contributed by atoms with Crippen LogP contribution in [-0.4, -0.2) is 18.6 Å². The quantitative estimate of drug-likeness (QED) is 0.837. The SMILES string of the molecule is CCOC(=O)C(NC1CC1)c1cccc(Cl)c1F. The van der Waals surface area contributed by atoms with E-state index >= 15 is 0 Å². The van der Waals surface area contributed by atoms with Gasteiger partial charge in [-0.05, 0) is 25.8 Å². The van der Waals surface area contributed by atoms with E-state index < -0.39 is 17.8 Å². The average Bonchev–Trinajstić information content (AvgIpc) is 3.14. The molecule has 1 saturated carbocycles. The van der Waals surface area contributed by atoms with E-state index in [2.05, 4.69) is 5.32 Å². The number of hydrogen-bond acceptors (Lipinski definition) is 3. The molecule has 3 nitrogen and oxygen atoms in total. The number of carbonyl (C=O) groups excluding carboxylic acids is 1. The second-order valence-electron chi connectivity index (χ2n) is 4.27. The molecular weight excluding hydrogens is 257 g/mol. The molecule has 18 heavy (non-hydrogen) atoms. The van der Waals surface area contributed by atoms with E-state index in [1.165, 1.54) is 6.07 Å². The van der Waals surface area contributed by atoms with Gasteiger partial charge in [-0.15, -0.1) is 0 Å². The standard InChI is InChI=1S/C13H15ClFNO2/c1-2-18-13(17)12(16-8-6-7-8)9-4-3-5-10(14)11(9)15/h3-5,8,12,16H,2,6-7H2,1H3. The minimum absolute atomic E-state index is 0.0133. The van der Waals surface area contributed by atoms with Crippen molar-refractivity contribution in [3.05, 3.63) is 34.6 Å². The Hall–Kier alpha value is -1.13. The molecule has 5 heteroatoms. The molecule has 0 bridgehead atoms. The highest BCUT2D eigenvalue weighted by atomic mass is 35.5. The van der Waals surface area contributed by atoms with Gasteiger partial charge in [-0.3, -0.25) is 5.32 Å². The monoisotopic (exact) mass is 271 g/mol. The fraction of sp³-hybridized carbons (Fsp3) is 0.462. The van der Waals surface area contributed by atoms with Crippen molar-refractivity contribution in [2.45, 2.75) is 31.8 Å². The lowest BCUT2D eigenvalue weighted by molar-refractivity contribution is -0.146. The van der Waals surface area contributed by atoms with Crippen LogP contribution in [-0.2, 0) is 9.53 Å². The Labute approximate surface area is 110 Å². The molecule has 2 rings (SSSR count). The zero-order chi connectivity index (χ0) is 13.1. The van der Waals surface area contributed by atoms with Crippen LogP contribution in [0.25, 0.3) is 0 Å². The third-order valence-electron chi connectivity index (χ3n) is 2.79. The molecule has 0 heterocycles. The first-order valence-corrected chi connectivity index (χ1v) is 6.38. The number of carbonyl (C=O) groups is 1. The lowest BCUT2D eigenvalue weighted by Crippen LogP contribution is -2.32. The van der Waals surface area contributed by atoms with Crippen molar-refractivity contribution in [2.24, 2.45) is 0 Å². The second kappa shape index (κ2) is 5.67. The van der Waals surface area contributed by atoms with Gasteiger partial charge >= 0.3 is 5.97 Å². The maximum atomic E-state index is 13.9. The summed E-state index contributed by atoms with van der Waals surface area (Å²) in [6.07, 6.45) is 2.00. The van der Waals surface area contributed by atoms with E-state index in [0.29, 0.717) is 0 Å². The smallest absolute Gasteiger partial charge is 0.327 e. The second-order valence-corrected chi connectivity index (χ2v) is 4.68. The number of nitrogens with one attached hydrogen (secondary N) is 1. The zero-order valence-electron chi connectivity index (χ0n) is 10.1.